The van der Waals surface area contributed by atoms with Crippen LogP contribution in [0.1, 0.15) is 5.56 Å². The van der Waals surface area contributed by atoms with Crippen LogP contribution in [0.25, 0.3) is 17.0 Å². The molecule has 0 aliphatic carbocycles. The van der Waals surface area contributed by atoms with Crippen molar-refractivity contribution in [3.63, 3.8) is 0 Å². The molecule has 2 aromatic carbocycles. The lowest BCUT2D eigenvalue weighted by Gasteiger charge is -2.07. The van der Waals surface area contributed by atoms with Gasteiger partial charge in [-0.25, -0.2) is 0 Å². The minimum absolute atomic E-state index is 0.0748. The van der Waals surface area contributed by atoms with E-state index in [1.165, 1.54) is 11.8 Å². The van der Waals surface area contributed by atoms with Gasteiger partial charge in [0.15, 0.2) is 5.17 Å². The fourth-order valence-electron chi connectivity index (χ4n) is 3.29. The van der Waals surface area contributed by atoms with Crippen molar-refractivity contribution in [3.05, 3.63) is 71.3 Å². The van der Waals surface area contributed by atoms with Gasteiger partial charge in [0.05, 0.1) is 4.91 Å². The number of carbonyl (C=O) groups is 2. The molecule has 2 heterocycles. The van der Waals surface area contributed by atoms with Gasteiger partial charge in [0.25, 0.3) is 5.91 Å². The molecule has 0 spiro atoms. The summed E-state index contributed by atoms with van der Waals surface area (Å²) in [7, 11) is 3.39. The van der Waals surface area contributed by atoms with Gasteiger partial charge in [0.1, 0.15) is 6.54 Å². The highest BCUT2D eigenvalue weighted by Crippen LogP contribution is 2.33. The van der Waals surface area contributed by atoms with Crippen LogP contribution >= 0.6 is 11.8 Å². The minimum atomic E-state index is -0.109. The summed E-state index contributed by atoms with van der Waals surface area (Å²) in [4.78, 5) is 31.3. The summed E-state index contributed by atoms with van der Waals surface area (Å²) in [5, 5.41) is 4.57. The van der Waals surface area contributed by atoms with E-state index < -0.39 is 0 Å². The maximum absolute atomic E-state index is 12.5. The number of thioether (sulfide) groups is 1. The monoisotopic (exact) mass is 404 g/mol. The maximum atomic E-state index is 12.5. The average Bonchev–Trinajstić information content (AvgIpc) is 3.21. The molecule has 1 fully saturated rings. The number of benzene rings is 2. The van der Waals surface area contributed by atoms with Gasteiger partial charge in [0, 0.05) is 42.4 Å². The third-order valence-electron chi connectivity index (χ3n) is 4.67. The Morgan fingerprint density at radius 2 is 1.86 bits per heavy atom. The number of anilines is 1. The van der Waals surface area contributed by atoms with E-state index in [1.54, 1.807) is 19.0 Å². The van der Waals surface area contributed by atoms with Crippen LogP contribution in [0.5, 0.6) is 0 Å². The summed E-state index contributed by atoms with van der Waals surface area (Å²) in [6.45, 7) is 0.182. The van der Waals surface area contributed by atoms with Gasteiger partial charge in [-0.15, -0.1) is 0 Å². The van der Waals surface area contributed by atoms with E-state index in [-0.39, 0.29) is 18.4 Å². The van der Waals surface area contributed by atoms with Gasteiger partial charge in [-0.2, -0.15) is 0 Å². The predicted molar refractivity (Wildman–Crippen MR) is 119 cm³/mol. The number of para-hydroxylation sites is 2. The lowest BCUT2D eigenvalue weighted by molar-refractivity contribution is -0.121. The molecule has 6 nitrogen and oxygen atoms in total. The first-order valence-electron chi connectivity index (χ1n) is 9.14. The van der Waals surface area contributed by atoms with Crippen molar-refractivity contribution in [1.82, 2.24) is 9.47 Å². The summed E-state index contributed by atoms with van der Waals surface area (Å²) >= 11 is 1.35. The number of carbonyl (C=O) groups excluding carboxylic acids is 2. The first-order valence-corrected chi connectivity index (χ1v) is 9.95. The number of hydrogen-bond acceptors (Lipinski definition) is 4. The molecule has 2 amide bonds. The van der Waals surface area contributed by atoms with Gasteiger partial charge in [0.2, 0.25) is 5.91 Å². The fraction of sp³-hybridized carbons (Fsp3) is 0.136. The highest BCUT2D eigenvalue weighted by molar-refractivity contribution is 8.18. The second kappa shape index (κ2) is 7.97. The van der Waals surface area contributed by atoms with Crippen molar-refractivity contribution in [2.24, 2.45) is 4.99 Å². The van der Waals surface area contributed by atoms with Crippen molar-refractivity contribution >= 4 is 51.4 Å². The average molecular weight is 404 g/mol. The number of nitrogens with zero attached hydrogens (tertiary/aromatic N) is 3. The Morgan fingerprint density at radius 3 is 2.59 bits per heavy atom. The SMILES string of the molecule is CN=C1S/C(=C\c2cn(CC(=O)Nc3ccccc3)c3ccccc23)C(=O)N1C. The topological polar surface area (TPSA) is 66.7 Å². The fourth-order valence-corrected chi connectivity index (χ4v) is 4.21. The molecular weight excluding hydrogens is 384 g/mol. The third-order valence-corrected chi connectivity index (χ3v) is 5.82. The van der Waals surface area contributed by atoms with Crippen molar-refractivity contribution in [3.8, 4) is 0 Å². The molecule has 1 N–H and O–H groups in total. The molecule has 0 saturated carbocycles. The van der Waals surface area contributed by atoms with E-state index in [9.17, 15) is 9.59 Å². The van der Waals surface area contributed by atoms with Crippen LogP contribution in [0.3, 0.4) is 0 Å². The first kappa shape index (κ1) is 19.0. The van der Waals surface area contributed by atoms with Crippen LogP contribution in [0.4, 0.5) is 5.69 Å². The maximum Gasteiger partial charge on any atom is 0.266 e. The highest BCUT2D eigenvalue weighted by Gasteiger charge is 2.30. The number of hydrogen-bond donors (Lipinski definition) is 1. The molecule has 1 saturated heterocycles. The normalized spacial score (nSPS) is 16.9. The number of amides is 2. The van der Waals surface area contributed by atoms with E-state index in [0.717, 1.165) is 22.2 Å². The van der Waals surface area contributed by atoms with Gasteiger partial charge >= 0.3 is 0 Å². The minimum Gasteiger partial charge on any atom is -0.337 e. The largest absolute Gasteiger partial charge is 0.337 e. The zero-order valence-electron chi connectivity index (χ0n) is 16.1. The van der Waals surface area contributed by atoms with Crippen LogP contribution in [0.2, 0.25) is 0 Å². The zero-order valence-corrected chi connectivity index (χ0v) is 16.9. The lowest BCUT2D eigenvalue weighted by atomic mass is 10.1. The van der Waals surface area contributed by atoms with Gasteiger partial charge in [-0.1, -0.05) is 36.4 Å². The van der Waals surface area contributed by atoms with E-state index in [4.69, 9.17) is 0 Å². The van der Waals surface area contributed by atoms with Crippen molar-refractivity contribution < 1.29 is 9.59 Å². The molecule has 29 heavy (non-hydrogen) atoms. The summed E-state index contributed by atoms with van der Waals surface area (Å²) in [5.41, 5.74) is 2.60. The number of fused-ring (bicyclic) bond motifs is 1. The Kier molecular flexibility index (Phi) is 5.22. The molecule has 0 bridgehead atoms. The number of aliphatic imine (C=N–C) groups is 1. The van der Waals surface area contributed by atoms with Crippen LogP contribution in [0.15, 0.2) is 70.7 Å². The molecule has 3 aromatic rings. The Bertz CT molecular complexity index is 1150. The van der Waals surface area contributed by atoms with Crippen LogP contribution < -0.4 is 5.32 Å². The van der Waals surface area contributed by atoms with Crippen LogP contribution in [0, 0.1) is 0 Å². The van der Waals surface area contributed by atoms with Gasteiger partial charge in [-0.05, 0) is 36.0 Å². The van der Waals surface area contributed by atoms with Gasteiger partial charge < -0.3 is 9.88 Å². The molecule has 1 aliphatic heterocycles. The molecule has 146 valence electrons. The van der Waals surface area contributed by atoms with Crippen molar-refractivity contribution in [2.75, 3.05) is 19.4 Å². The smallest absolute Gasteiger partial charge is 0.266 e. The number of amidine groups is 1. The summed E-state index contributed by atoms with van der Waals surface area (Å²) in [5.74, 6) is -0.183. The number of aromatic nitrogens is 1. The Balaban J connectivity index is 1.65. The summed E-state index contributed by atoms with van der Waals surface area (Å²) < 4.78 is 1.91. The quantitative estimate of drug-likeness (QED) is 0.673. The summed E-state index contributed by atoms with van der Waals surface area (Å²) in [6.07, 6.45) is 3.78. The highest BCUT2D eigenvalue weighted by atomic mass is 32.2. The zero-order chi connectivity index (χ0) is 20.4. The van der Waals surface area contributed by atoms with Crippen molar-refractivity contribution in [1.29, 1.82) is 0 Å². The molecule has 1 aliphatic rings. The van der Waals surface area contributed by atoms with Crippen LogP contribution in [-0.4, -0.2) is 40.5 Å². The predicted octanol–water partition coefficient (Wildman–Crippen LogP) is 3.81. The molecular formula is C22H20N4O2S. The number of likely N-dealkylation sites (N-methyl/N-ethyl adjacent to an activating group) is 1. The molecule has 4 rings (SSSR count). The molecule has 7 heteroatoms. The molecule has 0 unspecified atom stereocenters. The standard InChI is InChI=1S/C22H20N4O2S/c1-23-22-25(2)21(28)19(29-22)12-15-13-26(18-11-7-6-10-17(15)18)14-20(27)24-16-8-4-3-5-9-16/h3-13H,14H2,1-2H3,(H,24,27)/b19-12-,23-22?. The lowest BCUT2D eigenvalue weighted by Crippen LogP contribution is -2.23. The Morgan fingerprint density at radius 1 is 1.14 bits per heavy atom. The van der Waals surface area contributed by atoms with Crippen molar-refractivity contribution in [2.45, 2.75) is 6.54 Å². The summed E-state index contributed by atoms with van der Waals surface area (Å²) in [6, 6.07) is 17.2. The Hall–Kier alpha value is -3.32. The molecule has 1 aromatic heterocycles. The molecule has 0 atom stereocenters. The van der Waals surface area contributed by atoms with Crippen LogP contribution in [-0.2, 0) is 16.1 Å². The first-order chi connectivity index (χ1) is 14.1. The number of rotatable bonds is 4. The van der Waals surface area contributed by atoms with Gasteiger partial charge in [-0.3, -0.25) is 19.5 Å². The Labute approximate surface area is 172 Å². The van der Waals surface area contributed by atoms with E-state index in [1.807, 2.05) is 71.4 Å². The second-order valence-electron chi connectivity index (χ2n) is 6.62. The second-order valence-corrected chi connectivity index (χ2v) is 7.63. The van der Waals surface area contributed by atoms with E-state index in [2.05, 4.69) is 10.3 Å². The third kappa shape index (κ3) is 3.82. The van der Waals surface area contributed by atoms with E-state index in [0.29, 0.717) is 10.1 Å². The molecule has 0 radical (unpaired) electrons. The van der Waals surface area contributed by atoms with E-state index >= 15 is 0 Å². The number of nitrogens with one attached hydrogen (secondary N) is 1.